The smallest absolute Gasteiger partial charge is 0.261 e. The lowest BCUT2D eigenvalue weighted by molar-refractivity contribution is 0.102. The molecular formula is C25H20N6O2. The molecule has 33 heavy (non-hydrogen) atoms. The molecule has 0 fully saturated rings. The molecule has 5 aromatic rings. The van der Waals surface area contributed by atoms with Crippen LogP contribution in [0, 0.1) is 0 Å². The van der Waals surface area contributed by atoms with Gasteiger partial charge in [-0.25, -0.2) is 9.97 Å². The summed E-state index contributed by atoms with van der Waals surface area (Å²) in [5.41, 5.74) is 10.2. The number of ether oxygens (including phenoxy) is 1. The third kappa shape index (κ3) is 3.85. The zero-order valence-electron chi connectivity index (χ0n) is 17.8. The fourth-order valence-electron chi connectivity index (χ4n) is 3.55. The monoisotopic (exact) mass is 436 g/mol. The third-order valence-corrected chi connectivity index (χ3v) is 5.15. The Hall–Kier alpha value is -4.72. The number of hydrogen-bond acceptors (Lipinski definition) is 6. The van der Waals surface area contributed by atoms with E-state index in [9.17, 15) is 4.79 Å². The molecule has 0 unspecified atom stereocenters. The number of para-hydroxylation sites is 3. The average Bonchev–Trinajstić information content (AvgIpc) is 3.12. The molecule has 8 nitrogen and oxygen atoms in total. The number of carbonyl (C=O) groups is 1. The Morgan fingerprint density at radius 2 is 1.73 bits per heavy atom. The van der Waals surface area contributed by atoms with E-state index in [0.29, 0.717) is 33.6 Å². The number of hydrogen-bond donors (Lipinski definition) is 2. The van der Waals surface area contributed by atoms with E-state index in [2.05, 4.69) is 15.4 Å². The molecule has 0 aliphatic heterocycles. The van der Waals surface area contributed by atoms with Crippen LogP contribution in [0.4, 0.5) is 11.5 Å². The molecule has 3 N–H and O–H groups in total. The summed E-state index contributed by atoms with van der Waals surface area (Å²) in [6.07, 6.45) is 1.63. The van der Waals surface area contributed by atoms with Crippen molar-refractivity contribution in [3.8, 4) is 5.75 Å². The summed E-state index contributed by atoms with van der Waals surface area (Å²) in [7, 11) is 1.60. The van der Waals surface area contributed by atoms with Gasteiger partial charge in [0.05, 0.1) is 24.4 Å². The van der Waals surface area contributed by atoms with Gasteiger partial charge in [0, 0.05) is 5.69 Å². The first-order valence-electron chi connectivity index (χ1n) is 10.3. The molecule has 0 radical (unpaired) electrons. The molecule has 0 atom stereocenters. The highest BCUT2D eigenvalue weighted by atomic mass is 16.5. The molecule has 2 aromatic heterocycles. The Kier molecular flexibility index (Phi) is 5.16. The van der Waals surface area contributed by atoms with Gasteiger partial charge < -0.3 is 15.8 Å². The lowest BCUT2D eigenvalue weighted by Gasteiger charge is -2.05. The van der Waals surface area contributed by atoms with Crippen LogP contribution in [-0.2, 0) is 0 Å². The first-order valence-corrected chi connectivity index (χ1v) is 10.3. The summed E-state index contributed by atoms with van der Waals surface area (Å²) < 4.78 is 6.71. The van der Waals surface area contributed by atoms with Crippen LogP contribution in [0.25, 0.3) is 22.2 Å². The average molecular weight is 436 g/mol. The van der Waals surface area contributed by atoms with Crippen molar-refractivity contribution in [2.75, 3.05) is 18.2 Å². The second-order valence-corrected chi connectivity index (χ2v) is 7.30. The fraction of sp³-hybridized carbons (Fsp3) is 0.0400. The standard InChI is InChI=1S/C25H20N6O2/c1-33-18-11-7-8-16(14-18)15-27-31-23(26)21(25(32)28-17-9-3-2-4-10-17)22-24(31)30-20-13-6-5-12-19(20)29-22/h2-15H,26H2,1H3,(H,28,32)/b27-15-. The second-order valence-electron chi connectivity index (χ2n) is 7.30. The Morgan fingerprint density at radius 1 is 1.00 bits per heavy atom. The van der Waals surface area contributed by atoms with E-state index in [1.54, 1.807) is 25.5 Å². The topological polar surface area (TPSA) is 107 Å². The van der Waals surface area contributed by atoms with Gasteiger partial charge >= 0.3 is 0 Å². The van der Waals surface area contributed by atoms with E-state index in [1.165, 1.54) is 4.68 Å². The maximum atomic E-state index is 13.2. The SMILES string of the molecule is COc1cccc(/C=N\n2c(N)c(C(=O)Nc3ccccc3)c3nc4ccccc4nc32)c1. The normalized spacial score (nSPS) is 11.3. The maximum Gasteiger partial charge on any atom is 0.261 e. The van der Waals surface area contributed by atoms with Crippen LogP contribution in [0.1, 0.15) is 15.9 Å². The zero-order chi connectivity index (χ0) is 22.8. The van der Waals surface area contributed by atoms with Gasteiger partial charge in [0.25, 0.3) is 5.91 Å². The number of nitrogens with zero attached hydrogens (tertiary/aromatic N) is 4. The summed E-state index contributed by atoms with van der Waals surface area (Å²) in [5, 5.41) is 7.40. The van der Waals surface area contributed by atoms with E-state index in [-0.39, 0.29) is 17.3 Å². The predicted octanol–water partition coefficient (Wildman–Crippen LogP) is 4.31. The number of rotatable bonds is 5. The van der Waals surface area contributed by atoms with Crippen molar-refractivity contribution >= 4 is 45.8 Å². The van der Waals surface area contributed by atoms with Crippen LogP contribution in [0.2, 0.25) is 0 Å². The van der Waals surface area contributed by atoms with Crippen LogP contribution in [0.15, 0.2) is 84.0 Å². The number of benzene rings is 3. The van der Waals surface area contributed by atoms with Crippen LogP contribution in [0.3, 0.4) is 0 Å². The van der Waals surface area contributed by atoms with E-state index in [0.717, 1.165) is 5.56 Å². The largest absolute Gasteiger partial charge is 0.497 e. The molecule has 1 amide bonds. The minimum atomic E-state index is -0.386. The molecule has 0 aliphatic carbocycles. The summed E-state index contributed by atoms with van der Waals surface area (Å²) >= 11 is 0. The Labute approximate surface area is 189 Å². The maximum absolute atomic E-state index is 13.2. The van der Waals surface area contributed by atoms with Crippen LogP contribution < -0.4 is 15.8 Å². The summed E-state index contributed by atoms with van der Waals surface area (Å²) in [6.45, 7) is 0. The van der Waals surface area contributed by atoms with Crippen molar-refractivity contribution in [3.05, 3.63) is 90.0 Å². The Balaban J connectivity index is 1.66. The lowest BCUT2D eigenvalue weighted by Crippen LogP contribution is -2.14. The van der Waals surface area contributed by atoms with Crippen molar-refractivity contribution in [2.24, 2.45) is 5.10 Å². The number of carbonyl (C=O) groups excluding carboxylic acids is 1. The number of aromatic nitrogens is 3. The molecule has 3 aromatic carbocycles. The van der Waals surface area contributed by atoms with Crippen molar-refractivity contribution < 1.29 is 9.53 Å². The predicted molar refractivity (Wildman–Crippen MR) is 130 cm³/mol. The van der Waals surface area contributed by atoms with Crippen LogP contribution in [0.5, 0.6) is 5.75 Å². The van der Waals surface area contributed by atoms with E-state index >= 15 is 0 Å². The second kappa shape index (κ2) is 8.43. The molecule has 5 rings (SSSR count). The molecule has 0 spiro atoms. The highest BCUT2D eigenvalue weighted by Crippen LogP contribution is 2.28. The van der Waals surface area contributed by atoms with Gasteiger partial charge in [0.15, 0.2) is 5.65 Å². The van der Waals surface area contributed by atoms with Gasteiger partial charge in [-0.15, -0.1) is 0 Å². The minimum Gasteiger partial charge on any atom is -0.497 e. The van der Waals surface area contributed by atoms with Crippen LogP contribution in [-0.4, -0.2) is 33.9 Å². The van der Waals surface area contributed by atoms with E-state index in [4.69, 9.17) is 15.5 Å². The number of methoxy groups -OCH3 is 1. The van der Waals surface area contributed by atoms with Gasteiger partial charge in [-0.3, -0.25) is 4.79 Å². The number of fused-ring (bicyclic) bond motifs is 2. The quantitative estimate of drug-likeness (QED) is 0.399. The number of nitrogens with two attached hydrogens (primary N) is 1. The molecular weight excluding hydrogens is 416 g/mol. The van der Waals surface area contributed by atoms with Gasteiger partial charge in [-0.2, -0.15) is 9.78 Å². The molecule has 0 saturated heterocycles. The summed E-state index contributed by atoms with van der Waals surface area (Å²) in [6, 6.07) is 24.0. The molecule has 2 heterocycles. The molecule has 0 saturated carbocycles. The first-order chi connectivity index (χ1) is 16.1. The number of anilines is 2. The Bertz CT molecular complexity index is 1510. The van der Waals surface area contributed by atoms with Crippen molar-refractivity contribution in [2.45, 2.75) is 0 Å². The summed E-state index contributed by atoms with van der Waals surface area (Å²) in [5.74, 6) is 0.467. The zero-order valence-corrected chi connectivity index (χ0v) is 17.8. The minimum absolute atomic E-state index is 0.146. The van der Waals surface area contributed by atoms with Crippen molar-refractivity contribution in [1.29, 1.82) is 0 Å². The third-order valence-electron chi connectivity index (χ3n) is 5.15. The summed E-state index contributed by atoms with van der Waals surface area (Å²) in [4.78, 5) is 22.6. The molecule has 0 aliphatic rings. The van der Waals surface area contributed by atoms with Crippen LogP contribution >= 0.6 is 0 Å². The molecule has 8 heteroatoms. The highest BCUT2D eigenvalue weighted by Gasteiger charge is 2.24. The first kappa shape index (κ1) is 20.2. The van der Waals surface area contributed by atoms with Gasteiger partial charge in [-0.1, -0.05) is 42.5 Å². The number of nitrogen functional groups attached to an aromatic ring is 1. The fourth-order valence-corrected chi connectivity index (χ4v) is 3.55. The molecule has 0 bridgehead atoms. The number of nitrogens with one attached hydrogen (secondary N) is 1. The van der Waals surface area contributed by atoms with E-state index in [1.807, 2.05) is 66.7 Å². The van der Waals surface area contributed by atoms with Crippen molar-refractivity contribution in [3.63, 3.8) is 0 Å². The lowest BCUT2D eigenvalue weighted by atomic mass is 10.2. The highest BCUT2D eigenvalue weighted by molar-refractivity contribution is 6.16. The van der Waals surface area contributed by atoms with E-state index < -0.39 is 0 Å². The van der Waals surface area contributed by atoms with Crippen molar-refractivity contribution in [1.82, 2.24) is 14.6 Å². The molecule has 162 valence electrons. The van der Waals surface area contributed by atoms with Gasteiger partial charge in [0.1, 0.15) is 22.6 Å². The number of amides is 1. The van der Waals surface area contributed by atoms with Gasteiger partial charge in [0.2, 0.25) is 0 Å². The van der Waals surface area contributed by atoms with Gasteiger partial charge in [-0.05, 0) is 42.0 Å². The Morgan fingerprint density at radius 3 is 2.48 bits per heavy atom.